The Kier molecular flexibility index (Phi) is 6.13. The van der Waals surface area contributed by atoms with Crippen LogP contribution in [0.1, 0.15) is 19.8 Å². The van der Waals surface area contributed by atoms with Crippen molar-refractivity contribution in [3.05, 3.63) is 0 Å². The summed E-state index contributed by atoms with van der Waals surface area (Å²) >= 11 is 1.49. The van der Waals surface area contributed by atoms with Crippen LogP contribution >= 0.6 is 11.8 Å². The second-order valence-corrected chi connectivity index (χ2v) is 6.03. The molecule has 6 heteroatoms. The highest BCUT2D eigenvalue weighted by atomic mass is 32.2. The van der Waals surface area contributed by atoms with E-state index in [1.165, 1.54) is 18.9 Å². The molecule has 1 N–H and O–H groups in total. The van der Waals surface area contributed by atoms with E-state index in [0.717, 1.165) is 12.8 Å². The highest BCUT2D eigenvalue weighted by Gasteiger charge is 2.51. The molecule has 0 radical (unpaired) electrons. The van der Waals surface area contributed by atoms with E-state index >= 15 is 0 Å². The van der Waals surface area contributed by atoms with Crippen molar-refractivity contribution in [2.24, 2.45) is 5.92 Å². The molecule has 0 aliphatic heterocycles. The van der Waals surface area contributed by atoms with Gasteiger partial charge in [0.15, 0.2) is 0 Å². The van der Waals surface area contributed by atoms with Crippen LogP contribution in [0.3, 0.4) is 0 Å². The first-order valence-corrected chi connectivity index (χ1v) is 7.74. The predicted molar refractivity (Wildman–Crippen MR) is 77.2 cm³/mol. The van der Waals surface area contributed by atoms with Crippen molar-refractivity contribution in [2.75, 3.05) is 39.3 Å². The molecule has 1 atom stereocenters. The van der Waals surface area contributed by atoms with E-state index in [9.17, 15) is 9.59 Å². The first-order valence-electron chi connectivity index (χ1n) is 6.59. The largest absolute Gasteiger partial charge is 0.468 e. The minimum atomic E-state index is -0.624. The zero-order valence-electron chi connectivity index (χ0n) is 12.2. The van der Waals surface area contributed by atoms with Crippen LogP contribution in [0.15, 0.2) is 0 Å². The van der Waals surface area contributed by atoms with Crippen molar-refractivity contribution in [1.29, 1.82) is 0 Å². The summed E-state index contributed by atoms with van der Waals surface area (Å²) in [5.74, 6) is 1.17. The van der Waals surface area contributed by atoms with Gasteiger partial charge in [0.1, 0.15) is 5.54 Å². The molecule has 1 saturated carbocycles. The lowest BCUT2D eigenvalue weighted by Crippen LogP contribution is -2.57. The molecule has 1 aliphatic carbocycles. The summed E-state index contributed by atoms with van der Waals surface area (Å²) in [6.45, 7) is 2.70. The average molecular weight is 288 g/mol. The molecular weight excluding hydrogens is 264 g/mol. The second-order valence-electron chi connectivity index (χ2n) is 5.05. The highest BCUT2D eigenvalue weighted by molar-refractivity contribution is 8.00. The number of carbonyl (C=O) groups excluding carboxylic acids is 2. The first kappa shape index (κ1) is 16.3. The molecule has 0 bridgehead atoms. The molecule has 1 rings (SSSR count). The smallest absolute Gasteiger partial charge is 0.327 e. The van der Waals surface area contributed by atoms with Crippen LogP contribution in [0.5, 0.6) is 0 Å². The Bertz CT molecular complexity index is 332. The van der Waals surface area contributed by atoms with Crippen LogP contribution in [0.4, 0.5) is 0 Å². The van der Waals surface area contributed by atoms with Gasteiger partial charge in [-0.3, -0.25) is 9.59 Å². The van der Waals surface area contributed by atoms with E-state index in [0.29, 0.717) is 24.0 Å². The van der Waals surface area contributed by atoms with Crippen molar-refractivity contribution in [2.45, 2.75) is 25.3 Å². The van der Waals surface area contributed by atoms with Crippen LogP contribution in [-0.4, -0.2) is 61.6 Å². The Morgan fingerprint density at radius 1 is 1.42 bits per heavy atom. The van der Waals surface area contributed by atoms with Gasteiger partial charge in [0.25, 0.3) is 0 Å². The topological polar surface area (TPSA) is 58.6 Å². The molecule has 1 amide bonds. The zero-order chi connectivity index (χ0) is 14.5. The summed E-state index contributed by atoms with van der Waals surface area (Å²) < 4.78 is 4.96. The fourth-order valence-electron chi connectivity index (χ4n) is 2.11. The lowest BCUT2D eigenvalue weighted by atomic mass is 9.95. The van der Waals surface area contributed by atoms with Gasteiger partial charge in [0, 0.05) is 19.8 Å². The molecule has 1 aliphatic rings. The molecule has 19 heavy (non-hydrogen) atoms. The van der Waals surface area contributed by atoms with Gasteiger partial charge in [-0.1, -0.05) is 6.92 Å². The molecule has 0 aromatic heterocycles. The molecule has 0 saturated heterocycles. The highest BCUT2D eigenvalue weighted by Crippen LogP contribution is 2.42. The van der Waals surface area contributed by atoms with Gasteiger partial charge in [-0.05, 0) is 25.3 Å². The van der Waals surface area contributed by atoms with E-state index in [4.69, 9.17) is 4.74 Å². The van der Waals surface area contributed by atoms with Crippen molar-refractivity contribution in [1.82, 2.24) is 10.2 Å². The first-order chi connectivity index (χ1) is 8.97. The number of rotatable bonds is 8. The summed E-state index contributed by atoms with van der Waals surface area (Å²) in [6, 6.07) is 0. The van der Waals surface area contributed by atoms with Gasteiger partial charge < -0.3 is 15.0 Å². The summed E-state index contributed by atoms with van der Waals surface area (Å²) in [4.78, 5) is 25.3. The molecule has 1 unspecified atom stereocenters. The summed E-state index contributed by atoms with van der Waals surface area (Å²) in [6.07, 6.45) is 2.09. The number of ether oxygens (including phenoxy) is 1. The Morgan fingerprint density at radius 3 is 2.47 bits per heavy atom. The lowest BCUT2D eigenvalue weighted by Gasteiger charge is -2.31. The molecule has 0 spiro atoms. The van der Waals surface area contributed by atoms with Gasteiger partial charge >= 0.3 is 5.97 Å². The number of hydrogen-bond acceptors (Lipinski definition) is 5. The number of methoxy groups -OCH3 is 1. The van der Waals surface area contributed by atoms with Crippen molar-refractivity contribution in [3.8, 4) is 0 Å². The van der Waals surface area contributed by atoms with Crippen LogP contribution in [-0.2, 0) is 14.3 Å². The van der Waals surface area contributed by atoms with Gasteiger partial charge in [0.05, 0.1) is 12.9 Å². The standard InChI is InChI=1S/C13H24N2O3S/c1-5-14-13(10-6-7-10,12(17)18-4)9-19-8-11(16)15(2)3/h10,14H,5-9H2,1-4H3. The van der Waals surface area contributed by atoms with Crippen molar-refractivity contribution in [3.63, 3.8) is 0 Å². The summed E-state index contributed by atoms with van der Waals surface area (Å²) in [7, 11) is 4.90. The van der Waals surface area contributed by atoms with Crippen LogP contribution < -0.4 is 5.32 Å². The molecule has 0 heterocycles. The molecular formula is C13H24N2O3S. The molecule has 5 nitrogen and oxygen atoms in total. The Hall–Kier alpha value is -0.750. The number of likely N-dealkylation sites (N-methyl/N-ethyl adjacent to an activating group) is 1. The molecule has 0 aromatic rings. The predicted octanol–water partition coefficient (Wildman–Crippen LogP) is 0.739. The summed E-state index contributed by atoms with van der Waals surface area (Å²) in [5, 5.41) is 3.29. The number of esters is 1. The lowest BCUT2D eigenvalue weighted by molar-refractivity contribution is -0.148. The molecule has 0 aromatic carbocycles. The fraction of sp³-hybridized carbons (Fsp3) is 0.846. The zero-order valence-corrected chi connectivity index (χ0v) is 13.0. The van der Waals surface area contributed by atoms with E-state index < -0.39 is 5.54 Å². The third-order valence-corrected chi connectivity index (χ3v) is 4.48. The number of carbonyl (C=O) groups is 2. The third-order valence-electron chi connectivity index (χ3n) is 3.37. The van der Waals surface area contributed by atoms with Crippen LogP contribution in [0, 0.1) is 5.92 Å². The average Bonchev–Trinajstić information content (AvgIpc) is 3.20. The monoisotopic (exact) mass is 288 g/mol. The Labute approximate surface area is 119 Å². The maximum absolute atomic E-state index is 12.1. The van der Waals surface area contributed by atoms with Crippen molar-refractivity contribution >= 4 is 23.6 Å². The van der Waals surface area contributed by atoms with E-state index in [1.54, 1.807) is 19.0 Å². The van der Waals surface area contributed by atoms with E-state index in [1.807, 2.05) is 6.92 Å². The third kappa shape index (κ3) is 4.11. The van der Waals surface area contributed by atoms with Crippen molar-refractivity contribution < 1.29 is 14.3 Å². The number of thioether (sulfide) groups is 1. The molecule has 110 valence electrons. The Balaban J connectivity index is 2.63. The molecule has 1 fully saturated rings. The quantitative estimate of drug-likeness (QED) is 0.668. The minimum Gasteiger partial charge on any atom is -0.468 e. The van der Waals surface area contributed by atoms with Crippen LogP contribution in [0.25, 0.3) is 0 Å². The number of nitrogens with one attached hydrogen (secondary N) is 1. The van der Waals surface area contributed by atoms with E-state index in [2.05, 4.69) is 5.32 Å². The van der Waals surface area contributed by atoms with E-state index in [-0.39, 0.29) is 11.9 Å². The number of hydrogen-bond donors (Lipinski definition) is 1. The number of nitrogens with zero attached hydrogens (tertiary/aromatic N) is 1. The van der Waals surface area contributed by atoms with Gasteiger partial charge in [-0.2, -0.15) is 0 Å². The second kappa shape index (κ2) is 7.14. The van der Waals surface area contributed by atoms with Gasteiger partial charge in [0.2, 0.25) is 5.91 Å². The van der Waals surface area contributed by atoms with Gasteiger partial charge in [-0.15, -0.1) is 11.8 Å². The minimum absolute atomic E-state index is 0.0658. The SMILES string of the molecule is CCNC(CSCC(=O)N(C)C)(C(=O)OC)C1CC1. The normalized spacial score (nSPS) is 17.7. The maximum atomic E-state index is 12.1. The Morgan fingerprint density at radius 2 is 2.05 bits per heavy atom. The summed E-state index contributed by atoms with van der Waals surface area (Å²) in [5.41, 5.74) is -0.624. The fourth-order valence-corrected chi connectivity index (χ4v) is 3.43. The van der Waals surface area contributed by atoms with Crippen LogP contribution in [0.2, 0.25) is 0 Å². The maximum Gasteiger partial charge on any atom is 0.327 e. The number of amides is 1. The van der Waals surface area contributed by atoms with Gasteiger partial charge in [-0.25, -0.2) is 0 Å².